The molecule has 0 aliphatic carbocycles. The molecule has 0 spiro atoms. The van der Waals surface area contributed by atoms with E-state index < -0.39 is 0 Å². The molecule has 0 bridgehead atoms. The summed E-state index contributed by atoms with van der Waals surface area (Å²) in [6, 6.07) is 68.3. The molecule has 0 unspecified atom stereocenters. The number of fused-ring (bicyclic) bond motifs is 1. The van der Waals surface area contributed by atoms with Crippen molar-refractivity contribution in [2.24, 2.45) is 0 Å². The third-order valence-corrected chi connectivity index (χ3v) is 6.96. The summed E-state index contributed by atoms with van der Waals surface area (Å²) in [5, 5.41) is 1.28. The number of benzene rings is 7. The smallest absolute Gasteiger partial charge is 0.0453 e. The SMILES string of the molecule is Nc1ccccc1.Nc1ccccc1.Nc1ccccc1.c1ccc(-c2ccccc2-c2ccccc2)cc1.c1ccc2[nH]ccc2c1. The fourth-order valence-electron chi connectivity index (χ4n) is 4.58. The van der Waals surface area contributed by atoms with Crippen LogP contribution in [0.15, 0.2) is 212 Å². The van der Waals surface area contributed by atoms with Crippen LogP contribution in [0.2, 0.25) is 0 Å². The molecule has 0 saturated carbocycles. The number of rotatable bonds is 2. The highest BCUT2D eigenvalue weighted by atomic mass is 14.7. The predicted molar refractivity (Wildman–Crippen MR) is 208 cm³/mol. The zero-order valence-electron chi connectivity index (χ0n) is 26.9. The highest BCUT2D eigenvalue weighted by molar-refractivity contribution is 5.83. The van der Waals surface area contributed by atoms with Crippen molar-refractivity contribution in [3.63, 3.8) is 0 Å². The van der Waals surface area contributed by atoms with Crippen molar-refractivity contribution in [3.8, 4) is 22.3 Å². The van der Waals surface area contributed by atoms with E-state index in [1.54, 1.807) is 0 Å². The first kappa shape index (κ1) is 34.4. The summed E-state index contributed by atoms with van der Waals surface area (Å²) < 4.78 is 0. The van der Waals surface area contributed by atoms with Gasteiger partial charge in [0.05, 0.1) is 0 Å². The van der Waals surface area contributed by atoms with Crippen LogP contribution < -0.4 is 17.2 Å². The second kappa shape index (κ2) is 19.8. The van der Waals surface area contributed by atoms with Crippen molar-refractivity contribution in [3.05, 3.63) is 212 Å². The maximum atomic E-state index is 5.36. The fourth-order valence-corrected chi connectivity index (χ4v) is 4.58. The summed E-state index contributed by atoms with van der Waals surface area (Å²) in [6.07, 6.45) is 1.95. The maximum absolute atomic E-state index is 5.36. The van der Waals surface area contributed by atoms with Crippen molar-refractivity contribution in [1.29, 1.82) is 0 Å². The lowest BCUT2D eigenvalue weighted by molar-refractivity contribution is 1.48. The van der Waals surface area contributed by atoms with Gasteiger partial charge in [-0.3, -0.25) is 0 Å². The second-order valence-corrected chi connectivity index (χ2v) is 10.6. The Morgan fingerprint density at radius 3 is 0.938 bits per heavy atom. The Balaban J connectivity index is 0.000000146. The monoisotopic (exact) mass is 626 g/mol. The third-order valence-electron chi connectivity index (χ3n) is 6.96. The number of anilines is 3. The Kier molecular flexibility index (Phi) is 14.2. The van der Waals surface area contributed by atoms with Gasteiger partial charge in [0.2, 0.25) is 0 Å². The van der Waals surface area contributed by atoms with Gasteiger partial charge < -0.3 is 22.2 Å². The van der Waals surface area contributed by atoms with Crippen molar-refractivity contribution in [2.45, 2.75) is 0 Å². The van der Waals surface area contributed by atoms with Crippen LogP contribution in [-0.2, 0) is 0 Å². The summed E-state index contributed by atoms with van der Waals surface area (Å²) in [5.41, 5.74) is 24.8. The molecule has 0 saturated heterocycles. The lowest BCUT2D eigenvalue weighted by atomic mass is 9.95. The number of nitrogens with one attached hydrogen (secondary N) is 1. The zero-order valence-corrected chi connectivity index (χ0v) is 26.9. The molecule has 4 heteroatoms. The largest absolute Gasteiger partial charge is 0.399 e. The van der Waals surface area contributed by atoms with Gasteiger partial charge in [-0.25, -0.2) is 0 Å². The average molecular weight is 627 g/mol. The second-order valence-electron chi connectivity index (χ2n) is 10.6. The molecule has 0 atom stereocenters. The van der Waals surface area contributed by atoms with E-state index in [1.165, 1.54) is 33.2 Å². The molecule has 0 radical (unpaired) electrons. The van der Waals surface area contributed by atoms with Gasteiger partial charge in [-0.05, 0) is 76.2 Å². The quantitative estimate of drug-likeness (QED) is 0.144. The molecule has 7 aromatic carbocycles. The predicted octanol–water partition coefficient (Wildman–Crippen LogP) is 11.0. The van der Waals surface area contributed by atoms with Gasteiger partial charge in [-0.2, -0.15) is 0 Å². The van der Waals surface area contributed by atoms with E-state index >= 15 is 0 Å². The summed E-state index contributed by atoms with van der Waals surface area (Å²) in [5.74, 6) is 0. The third kappa shape index (κ3) is 12.1. The summed E-state index contributed by atoms with van der Waals surface area (Å²) in [7, 11) is 0. The van der Waals surface area contributed by atoms with E-state index in [0.29, 0.717) is 0 Å². The van der Waals surface area contributed by atoms with Gasteiger partial charge in [0.1, 0.15) is 0 Å². The summed E-state index contributed by atoms with van der Waals surface area (Å²) in [4.78, 5) is 3.12. The number of para-hydroxylation sites is 4. The van der Waals surface area contributed by atoms with Crippen LogP contribution in [0.3, 0.4) is 0 Å². The normalized spacial score (nSPS) is 9.50. The molecule has 0 fully saturated rings. The number of nitrogens with two attached hydrogens (primary N) is 3. The Labute approximate surface area is 284 Å². The average Bonchev–Trinajstić information content (AvgIpc) is 3.64. The minimum Gasteiger partial charge on any atom is -0.399 e. The first-order valence-electron chi connectivity index (χ1n) is 15.7. The Hall–Kier alpha value is -6.52. The molecular weight excluding hydrogens is 585 g/mol. The van der Waals surface area contributed by atoms with Crippen LogP contribution in [0.5, 0.6) is 0 Å². The van der Waals surface area contributed by atoms with Gasteiger partial charge >= 0.3 is 0 Å². The first-order valence-corrected chi connectivity index (χ1v) is 15.7. The molecule has 8 aromatic rings. The number of H-pyrrole nitrogens is 1. The van der Waals surface area contributed by atoms with Crippen LogP contribution in [0.4, 0.5) is 17.1 Å². The topological polar surface area (TPSA) is 93.8 Å². The zero-order chi connectivity index (χ0) is 33.7. The van der Waals surface area contributed by atoms with E-state index in [4.69, 9.17) is 17.2 Å². The Bertz CT molecular complexity index is 1800. The van der Waals surface area contributed by atoms with Crippen molar-refractivity contribution >= 4 is 28.0 Å². The summed E-state index contributed by atoms with van der Waals surface area (Å²) in [6.45, 7) is 0. The molecule has 1 heterocycles. The van der Waals surface area contributed by atoms with Crippen LogP contribution in [0.1, 0.15) is 0 Å². The number of nitrogen functional groups attached to an aromatic ring is 3. The van der Waals surface area contributed by atoms with Gasteiger partial charge in [-0.15, -0.1) is 0 Å². The molecule has 0 aliphatic heterocycles. The van der Waals surface area contributed by atoms with Crippen molar-refractivity contribution in [1.82, 2.24) is 4.98 Å². The van der Waals surface area contributed by atoms with Crippen LogP contribution in [-0.4, -0.2) is 4.98 Å². The maximum Gasteiger partial charge on any atom is 0.0453 e. The lowest BCUT2D eigenvalue weighted by Gasteiger charge is -2.09. The van der Waals surface area contributed by atoms with E-state index in [1.807, 2.05) is 109 Å². The molecule has 1 aromatic heterocycles. The molecule has 48 heavy (non-hydrogen) atoms. The molecular formula is C44H42N4. The molecule has 238 valence electrons. The molecule has 8 rings (SSSR count). The summed E-state index contributed by atoms with van der Waals surface area (Å²) >= 11 is 0. The number of hydrogen-bond acceptors (Lipinski definition) is 3. The van der Waals surface area contributed by atoms with Crippen LogP contribution in [0.25, 0.3) is 33.2 Å². The Morgan fingerprint density at radius 1 is 0.292 bits per heavy atom. The van der Waals surface area contributed by atoms with E-state index in [0.717, 1.165) is 17.1 Å². The molecule has 4 nitrogen and oxygen atoms in total. The highest BCUT2D eigenvalue weighted by Crippen LogP contribution is 2.31. The number of aromatic amines is 1. The van der Waals surface area contributed by atoms with Crippen molar-refractivity contribution < 1.29 is 0 Å². The fraction of sp³-hybridized carbons (Fsp3) is 0. The van der Waals surface area contributed by atoms with Gasteiger partial charge in [0.15, 0.2) is 0 Å². The molecule has 0 aliphatic rings. The lowest BCUT2D eigenvalue weighted by Crippen LogP contribution is -1.83. The standard InChI is InChI=1S/C18H14.C8H7N.3C6H7N/c1-3-9-15(10-4-1)17-13-7-8-14-18(17)16-11-5-2-6-12-16;1-2-4-8-7(3-1)5-6-9-8;3*7-6-4-2-1-3-5-6/h1-14H;1-6,9H;3*1-5H,7H2. The highest BCUT2D eigenvalue weighted by Gasteiger charge is 2.05. The number of hydrogen-bond donors (Lipinski definition) is 4. The van der Waals surface area contributed by atoms with Gasteiger partial charge in [-0.1, -0.05) is 158 Å². The molecule has 7 N–H and O–H groups in total. The minimum atomic E-state index is 0.822. The number of aromatic nitrogens is 1. The van der Waals surface area contributed by atoms with Crippen LogP contribution in [0, 0.1) is 0 Å². The minimum absolute atomic E-state index is 0.822. The first-order chi connectivity index (χ1) is 23.6. The van der Waals surface area contributed by atoms with E-state index in [9.17, 15) is 0 Å². The van der Waals surface area contributed by atoms with Crippen molar-refractivity contribution in [2.75, 3.05) is 17.2 Å². The van der Waals surface area contributed by atoms with E-state index in [-0.39, 0.29) is 0 Å². The van der Waals surface area contributed by atoms with Gasteiger partial charge in [0, 0.05) is 28.8 Å². The van der Waals surface area contributed by atoms with E-state index in [2.05, 4.69) is 108 Å². The van der Waals surface area contributed by atoms with Crippen LogP contribution >= 0.6 is 0 Å². The Morgan fingerprint density at radius 2 is 0.604 bits per heavy atom. The van der Waals surface area contributed by atoms with Gasteiger partial charge in [0.25, 0.3) is 0 Å². The molecule has 0 amide bonds.